The molecule has 1 heterocycles. The molecule has 0 amide bonds. The SMILES string of the molecule is CCCNC(=NC)NCC1(c2ccc(Cl)cc2Cl)CCOCC1. The Kier molecular flexibility index (Phi) is 7.00. The van der Waals surface area contributed by atoms with Crippen LogP contribution in [-0.2, 0) is 10.2 Å². The number of ether oxygens (including phenoxy) is 1. The molecular weight excluding hydrogens is 333 g/mol. The van der Waals surface area contributed by atoms with Crippen LogP contribution in [0.3, 0.4) is 0 Å². The number of rotatable bonds is 5. The van der Waals surface area contributed by atoms with E-state index in [1.807, 2.05) is 18.2 Å². The van der Waals surface area contributed by atoms with E-state index in [0.717, 1.165) is 62.1 Å². The molecule has 0 aliphatic carbocycles. The molecule has 0 aromatic heterocycles. The summed E-state index contributed by atoms with van der Waals surface area (Å²) in [5, 5.41) is 8.13. The molecule has 1 saturated heterocycles. The Bertz CT molecular complexity index is 543. The van der Waals surface area contributed by atoms with Gasteiger partial charge in [0.05, 0.1) is 0 Å². The van der Waals surface area contributed by atoms with Gasteiger partial charge in [-0.2, -0.15) is 0 Å². The number of nitrogens with zero attached hydrogens (tertiary/aromatic N) is 1. The Morgan fingerprint density at radius 1 is 1.26 bits per heavy atom. The van der Waals surface area contributed by atoms with E-state index in [4.69, 9.17) is 27.9 Å². The number of hydrogen-bond acceptors (Lipinski definition) is 2. The second kappa shape index (κ2) is 8.76. The van der Waals surface area contributed by atoms with E-state index in [1.165, 1.54) is 0 Å². The van der Waals surface area contributed by atoms with Gasteiger partial charge >= 0.3 is 0 Å². The maximum Gasteiger partial charge on any atom is 0.191 e. The molecule has 0 radical (unpaired) electrons. The van der Waals surface area contributed by atoms with Crippen LogP contribution in [0, 0.1) is 0 Å². The molecule has 4 nitrogen and oxygen atoms in total. The Morgan fingerprint density at radius 3 is 2.61 bits per heavy atom. The summed E-state index contributed by atoms with van der Waals surface area (Å²) in [6.07, 6.45) is 2.90. The van der Waals surface area contributed by atoms with Gasteiger partial charge in [-0.05, 0) is 37.0 Å². The van der Waals surface area contributed by atoms with Crippen molar-refractivity contribution in [2.24, 2.45) is 4.99 Å². The summed E-state index contributed by atoms with van der Waals surface area (Å²) in [5.41, 5.74) is 1.06. The number of guanidine groups is 1. The van der Waals surface area contributed by atoms with Gasteiger partial charge < -0.3 is 15.4 Å². The molecule has 0 unspecified atom stereocenters. The molecule has 128 valence electrons. The van der Waals surface area contributed by atoms with E-state index in [1.54, 1.807) is 7.05 Å². The summed E-state index contributed by atoms with van der Waals surface area (Å²) in [7, 11) is 1.79. The van der Waals surface area contributed by atoms with Gasteiger partial charge in [0.15, 0.2) is 5.96 Å². The van der Waals surface area contributed by atoms with Crippen LogP contribution in [-0.4, -0.2) is 39.3 Å². The maximum atomic E-state index is 6.49. The van der Waals surface area contributed by atoms with Gasteiger partial charge in [0.1, 0.15) is 0 Å². The molecule has 1 fully saturated rings. The third kappa shape index (κ3) is 4.75. The minimum atomic E-state index is -0.0657. The van der Waals surface area contributed by atoms with Crippen LogP contribution in [0.4, 0.5) is 0 Å². The second-order valence-corrected chi connectivity index (χ2v) is 6.71. The first-order chi connectivity index (χ1) is 11.1. The molecule has 1 aliphatic heterocycles. The summed E-state index contributed by atoms with van der Waals surface area (Å²) in [6, 6.07) is 5.77. The molecule has 0 saturated carbocycles. The van der Waals surface area contributed by atoms with E-state index in [-0.39, 0.29) is 5.41 Å². The van der Waals surface area contributed by atoms with E-state index >= 15 is 0 Å². The second-order valence-electron chi connectivity index (χ2n) is 5.87. The van der Waals surface area contributed by atoms with Crippen molar-refractivity contribution in [1.82, 2.24) is 10.6 Å². The smallest absolute Gasteiger partial charge is 0.191 e. The van der Waals surface area contributed by atoms with Gasteiger partial charge in [-0.1, -0.05) is 36.2 Å². The fourth-order valence-electron chi connectivity index (χ4n) is 2.94. The lowest BCUT2D eigenvalue weighted by Crippen LogP contribution is -2.48. The zero-order chi connectivity index (χ0) is 16.7. The van der Waals surface area contributed by atoms with Crippen molar-refractivity contribution in [3.8, 4) is 0 Å². The largest absolute Gasteiger partial charge is 0.381 e. The zero-order valence-electron chi connectivity index (χ0n) is 13.8. The van der Waals surface area contributed by atoms with Gasteiger partial charge in [0.25, 0.3) is 0 Å². The lowest BCUT2D eigenvalue weighted by molar-refractivity contribution is 0.0514. The highest BCUT2D eigenvalue weighted by Crippen LogP contribution is 2.39. The monoisotopic (exact) mass is 357 g/mol. The third-order valence-electron chi connectivity index (χ3n) is 4.31. The highest BCUT2D eigenvalue weighted by Gasteiger charge is 2.36. The molecule has 23 heavy (non-hydrogen) atoms. The topological polar surface area (TPSA) is 45.7 Å². The molecule has 1 aliphatic rings. The number of aliphatic imine (C=N–C) groups is 1. The zero-order valence-corrected chi connectivity index (χ0v) is 15.3. The fraction of sp³-hybridized carbons (Fsp3) is 0.588. The third-order valence-corrected chi connectivity index (χ3v) is 4.86. The van der Waals surface area contributed by atoms with E-state index in [9.17, 15) is 0 Å². The average molecular weight is 358 g/mol. The molecule has 2 N–H and O–H groups in total. The van der Waals surface area contributed by atoms with Crippen molar-refractivity contribution in [2.45, 2.75) is 31.6 Å². The molecule has 1 aromatic carbocycles. The molecule has 6 heteroatoms. The van der Waals surface area contributed by atoms with Gasteiger partial charge in [-0.3, -0.25) is 4.99 Å². The first-order valence-corrected chi connectivity index (χ1v) is 8.84. The summed E-state index contributed by atoms with van der Waals surface area (Å²) >= 11 is 12.5. The van der Waals surface area contributed by atoms with Gasteiger partial charge in [-0.15, -0.1) is 0 Å². The molecular formula is C17H25Cl2N3O. The molecule has 0 atom stereocenters. The first kappa shape index (κ1) is 18.4. The van der Waals surface area contributed by atoms with Crippen LogP contribution in [0.25, 0.3) is 0 Å². The van der Waals surface area contributed by atoms with Crippen LogP contribution >= 0.6 is 23.2 Å². The lowest BCUT2D eigenvalue weighted by Gasteiger charge is -2.39. The summed E-state index contributed by atoms with van der Waals surface area (Å²) in [6.45, 7) is 5.27. The maximum absolute atomic E-state index is 6.49. The van der Waals surface area contributed by atoms with E-state index < -0.39 is 0 Å². The van der Waals surface area contributed by atoms with Crippen molar-refractivity contribution in [3.05, 3.63) is 33.8 Å². The van der Waals surface area contributed by atoms with Crippen molar-refractivity contribution >= 4 is 29.2 Å². The van der Waals surface area contributed by atoms with Crippen LogP contribution in [0.5, 0.6) is 0 Å². The summed E-state index contributed by atoms with van der Waals surface area (Å²) in [4.78, 5) is 4.28. The van der Waals surface area contributed by atoms with Crippen molar-refractivity contribution in [3.63, 3.8) is 0 Å². The van der Waals surface area contributed by atoms with Gasteiger partial charge in [0, 0.05) is 48.8 Å². The van der Waals surface area contributed by atoms with E-state index in [0.29, 0.717) is 5.02 Å². The Balaban J connectivity index is 2.19. The summed E-state index contributed by atoms with van der Waals surface area (Å²) < 4.78 is 5.57. The molecule has 2 rings (SSSR count). The van der Waals surface area contributed by atoms with Crippen molar-refractivity contribution < 1.29 is 4.74 Å². The van der Waals surface area contributed by atoms with Crippen molar-refractivity contribution in [2.75, 3.05) is 33.4 Å². The Labute approximate surface area is 148 Å². The minimum absolute atomic E-state index is 0.0657. The summed E-state index contributed by atoms with van der Waals surface area (Å²) in [5.74, 6) is 0.822. The standard InChI is InChI=1S/C17H25Cl2N3O/c1-3-8-21-16(20-2)22-12-17(6-9-23-10-7-17)14-5-4-13(18)11-15(14)19/h4-5,11H,3,6-10,12H2,1-2H3,(H2,20,21,22). The minimum Gasteiger partial charge on any atom is -0.381 e. The number of nitrogens with one attached hydrogen (secondary N) is 2. The first-order valence-electron chi connectivity index (χ1n) is 8.09. The van der Waals surface area contributed by atoms with Crippen LogP contribution in [0.1, 0.15) is 31.7 Å². The van der Waals surface area contributed by atoms with E-state index in [2.05, 4.69) is 22.5 Å². The Morgan fingerprint density at radius 2 is 2.00 bits per heavy atom. The molecule has 0 bridgehead atoms. The molecule has 1 aromatic rings. The van der Waals surface area contributed by atoms with Gasteiger partial charge in [-0.25, -0.2) is 0 Å². The highest BCUT2D eigenvalue weighted by molar-refractivity contribution is 6.35. The Hall–Kier alpha value is -0.970. The number of halogens is 2. The van der Waals surface area contributed by atoms with Gasteiger partial charge in [0.2, 0.25) is 0 Å². The van der Waals surface area contributed by atoms with Crippen LogP contribution < -0.4 is 10.6 Å². The van der Waals surface area contributed by atoms with Crippen molar-refractivity contribution in [1.29, 1.82) is 0 Å². The predicted molar refractivity (Wildman–Crippen MR) is 97.8 cm³/mol. The number of hydrogen-bond donors (Lipinski definition) is 2. The normalized spacial score (nSPS) is 17.8. The van der Waals surface area contributed by atoms with Crippen LogP contribution in [0.15, 0.2) is 23.2 Å². The predicted octanol–water partition coefficient (Wildman–Crippen LogP) is 3.62. The highest BCUT2D eigenvalue weighted by atomic mass is 35.5. The van der Waals surface area contributed by atoms with Crippen LogP contribution in [0.2, 0.25) is 10.0 Å². The lowest BCUT2D eigenvalue weighted by atomic mass is 9.74. The number of benzene rings is 1. The molecule has 0 spiro atoms. The quantitative estimate of drug-likeness (QED) is 0.624. The fourth-order valence-corrected chi connectivity index (χ4v) is 3.55. The average Bonchev–Trinajstić information content (AvgIpc) is 2.56.